The second-order valence-corrected chi connectivity index (χ2v) is 0.588. The number of hydrogen-bond acceptors (Lipinski definition) is 3. The van der Waals surface area contributed by atoms with E-state index in [1.54, 1.807) is 0 Å². The zero-order valence-electron chi connectivity index (χ0n) is 3.16. The van der Waals surface area contributed by atoms with E-state index in [0.29, 0.717) is 0 Å². The van der Waals surface area contributed by atoms with Crippen molar-refractivity contribution in [3.8, 4) is 0 Å². The molecule has 0 fully saturated rings. The quantitative estimate of drug-likeness (QED) is 0.473. The molecule has 0 unspecified atom stereocenters. The van der Waals surface area contributed by atoms with Crippen molar-refractivity contribution < 1.29 is 24.0 Å². The van der Waals surface area contributed by atoms with Crippen molar-refractivity contribution >= 4 is 0 Å². The van der Waals surface area contributed by atoms with E-state index in [-0.39, 0.29) is 19.5 Å². The second kappa shape index (κ2) is 2.97. The van der Waals surface area contributed by atoms with E-state index in [1.165, 1.54) is 12.5 Å². The van der Waals surface area contributed by atoms with Crippen molar-refractivity contribution in [2.45, 2.75) is 0 Å². The van der Waals surface area contributed by atoms with E-state index in [2.05, 4.69) is 14.9 Å². The molecule has 0 aliphatic heterocycles. The molecule has 0 saturated carbocycles. The summed E-state index contributed by atoms with van der Waals surface area (Å²) in [6, 6.07) is 0. The first-order chi connectivity index (χ1) is 2.50. The van der Waals surface area contributed by atoms with Crippen molar-refractivity contribution in [1.29, 1.82) is 0 Å². The summed E-state index contributed by atoms with van der Waals surface area (Å²) >= 11 is 0. The van der Waals surface area contributed by atoms with Gasteiger partial charge in [0.15, 0.2) is 0 Å². The number of aromatic nitrogens is 2. The average Bonchev–Trinajstić information content (AvgIpc) is 1.76. The van der Waals surface area contributed by atoms with Crippen LogP contribution in [-0.4, -0.2) is 10.4 Å². The van der Waals surface area contributed by atoms with E-state index in [4.69, 9.17) is 0 Å². The van der Waals surface area contributed by atoms with Crippen LogP contribution in [0.5, 0.6) is 0 Å². The molecular weight excluding hydrogens is 133 g/mol. The van der Waals surface area contributed by atoms with Gasteiger partial charge in [0, 0.05) is 5.27 Å². The van der Waals surface area contributed by atoms with Gasteiger partial charge in [0.1, 0.15) is 6.26 Å². The van der Waals surface area contributed by atoms with Crippen LogP contribution in [0.3, 0.4) is 0 Å². The van der Waals surface area contributed by atoms with Crippen LogP contribution in [-0.2, 0) is 19.5 Å². The van der Waals surface area contributed by atoms with E-state index in [9.17, 15) is 0 Å². The molecule has 1 aromatic rings. The molecule has 0 aromatic carbocycles. The standard InChI is InChI=1S/C2H2N2O.Zn/c1-2-5-4-3-1;/h1-2H;/q;+2. The Morgan fingerprint density at radius 3 is 2.50 bits per heavy atom. The van der Waals surface area contributed by atoms with Gasteiger partial charge in [-0.15, -0.1) is 5.10 Å². The summed E-state index contributed by atoms with van der Waals surface area (Å²) in [7, 11) is 0. The molecule has 1 heterocycles. The Hall–Kier alpha value is -0.237. The fourth-order valence-corrected chi connectivity index (χ4v) is 0.136. The van der Waals surface area contributed by atoms with Crippen molar-refractivity contribution in [2.75, 3.05) is 0 Å². The SMILES string of the molecule is [Zn+2].c1conn1. The van der Waals surface area contributed by atoms with Gasteiger partial charge in [0.25, 0.3) is 0 Å². The van der Waals surface area contributed by atoms with Gasteiger partial charge >= 0.3 is 19.5 Å². The molecule has 26 valence electrons. The minimum Gasteiger partial charge on any atom is -0.346 e. The normalized spacial score (nSPS) is 6.67. The largest absolute Gasteiger partial charge is 2.00 e. The predicted molar refractivity (Wildman–Crippen MR) is 14.3 cm³/mol. The molecule has 3 nitrogen and oxygen atoms in total. The minimum absolute atomic E-state index is 0. The van der Waals surface area contributed by atoms with Gasteiger partial charge in [0.05, 0.1) is 6.20 Å². The van der Waals surface area contributed by atoms with Crippen molar-refractivity contribution in [1.82, 2.24) is 10.4 Å². The molecule has 0 N–H and O–H groups in total. The molecular formula is C2H2N2OZn+2. The summed E-state index contributed by atoms with van der Waals surface area (Å²) in [6.45, 7) is 0. The Balaban J connectivity index is 0.000000250. The maximum atomic E-state index is 4.22. The van der Waals surface area contributed by atoms with E-state index in [0.717, 1.165) is 0 Å². The van der Waals surface area contributed by atoms with E-state index >= 15 is 0 Å². The topological polar surface area (TPSA) is 38.9 Å². The summed E-state index contributed by atoms with van der Waals surface area (Å²) in [5.74, 6) is 0. The molecule has 0 aliphatic carbocycles. The smallest absolute Gasteiger partial charge is 0.346 e. The van der Waals surface area contributed by atoms with Crippen LogP contribution in [0.4, 0.5) is 0 Å². The van der Waals surface area contributed by atoms with Crippen LogP contribution >= 0.6 is 0 Å². The fraction of sp³-hybridized carbons (Fsp3) is 0. The molecule has 0 amide bonds. The third-order valence-corrected chi connectivity index (χ3v) is 0.283. The Labute approximate surface area is 47.5 Å². The van der Waals surface area contributed by atoms with Gasteiger partial charge in [0.2, 0.25) is 0 Å². The zero-order valence-corrected chi connectivity index (χ0v) is 6.13. The monoisotopic (exact) mass is 134 g/mol. The van der Waals surface area contributed by atoms with Crippen LogP contribution < -0.4 is 0 Å². The van der Waals surface area contributed by atoms with Crippen LogP contribution in [0.25, 0.3) is 0 Å². The van der Waals surface area contributed by atoms with Gasteiger partial charge in [-0.05, 0) is 0 Å². The number of hydrogen-bond donors (Lipinski definition) is 0. The van der Waals surface area contributed by atoms with E-state index < -0.39 is 0 Å². The summed E-state index contributed by atoms with van der Waals surface area (Å²) < 4.78 is 4.22. The van der Waals surface area contributed by atoms with Crippen molar-refractivity contribution in [2.24, 2.45) is 0 Å². The third kappa shape index (κ3) is 1.27. The Kier molecular flexibility index (Phi) is 2.86. The molecule has 1 rings (SSSR count). The Morgan fingerprint density at radius 2 is 2.33 bits per heavy atom. The van der Waals surface area contributed by atoms with Gasteiger partial charge in [-0.1, -0.05) is 0 Å². The molecule has 0 bridgehead atoms. The number of nitrogens with zero attached hydrogens (tertiary/aromatic N) is 2. The summed E-state index contributed by atoms with van der Waals surface area (Å²) in [5.41, 5.74) is 0. The maximum Gasteiger partial charge on any atom is 2.00 e. The van der Waals surface area contributed by atoms with Crippen molar-refractivity contribution in [3.63, 3.8) is 0 Å². The summed E-state index contributed by atoms with van der Waals surface area (Å²) in [5, 5.41) is 6.40. The first-order valence-electron chi connectivity index (χ1n) is 1.21. The van der Waals surface area contributed by atoms with Gasteiger partial charge < -0.3 is 4.52 Å². The maximum absolute atomic E-state index is 4.22. The molecule has 0 spiro atoms. The zero-order chi connectivity index (χ0) is 3.54. The van der Waals surface area contributed by atoms with Crippen LogP contribution in [0.1, 0.15) is 0 Å². The summed E-state index contributed by atoms with van der Waals surface area (Å²) in [4.78, 5) is 0. The molecule has 1 aromatic heterocycles. The molecule has 0 aliphatic rings. The molecule has 0 atom stereocenters. The second-order valence-electron chi connectivity index (χ2n) is 0.588. The van der Waals surface area contributed by atoms with Crippen LogP contribution in [0.2, 0.25) is 0 Å². The van der Waals surface area contributed by atoms with E-state index in [1.807, 2.05) is 0 Å². The van der Waals surface area contributed by atoms with Gasteiger partial charge in [-0.25, -0.2) is 0 Å². The molecule has 4 heteroatoms. The fourth-order valence-electron chi connectivity index (χ4n) is 0.136. The molecule has 0 saturated heterocycles. The molecule has 6 heavy (non-hydrogen) atoms. The Bertz CT molecular complexity index is 68.0. The average molecular weight is 135 g/mol. The van der Waals surface area contributed by atoms with Crippen LogP contribution in [0.15, 0.2) is 17.0 Å². The van der Waals surface area contributed by atoms with Crippen LogP contribution in [0, 0.1) is 0 Å². The first kappa shape index (κ1) is 5.76. The van der Waals surface area contributed by atoms with Crippen molar-refractivity contribution in [3.05, 3.63) is 12.5 Å². The summed E-state index contributed by atoms with van der Waals surface area (Å²) in [6.07, 6.45) is 2.88. The first-order valence-corrected chi connectivity index (χ1v) is 1.21. The molecule has 0 radical (unpaired) electrons. The minimum atomic E-state index is 0. The van der Waals surface area contributed by atoms with Gasteiger partial charge in [-0.2, -0.15) is 0 Å². The van der Waals surface area contributed by atoms with Gasteiger partial charge in [-0.3, -0.25) is 0 Å². The third-order valence-electron chi connectivity index (χ3n) is 0.283. The Morgan fingerprint density at radius 1 is 1.50 bits per heavy atom. The number of rotatable bonds is 0. The predicted octanol–water partition coefficient (Wildman–Crippen LogP) is 0.0671.